The summed E-state index contributed by atoms with van der Waals surface area (Å²) in [5.74, 6) is 0. The maximum Gasteiger partial charge on any atom is 0.0587 e. The highest BCUT2D eigenvalue weighted by Gasteiger charge is 2.04. The van der Waals surface area contributed by atoms with E-state index >= 15 is 0 Å². The molecule has 0 saturated heterocycles. The molecule has 86 valence electrons. The second-order valence-corrected chi connectivity index (χ2v) is 3.53. The molecule has 0 amide bonds. The number of ether oxygens (including phenoxy) is 2. The molecule has 0 aromatic carbocycles. The number of nitrogens with one attached hydrogen (secondary N) is 1. The molecule has 0 aliphatic heterocycles. The van der Waals surface area contributed by atoms with E-state index in [9.17, 15) is 0 Å². The molecular weight excluding hydrogens is 178 g/mol. The summed E-state index contributed by atoms with van der Waals surface area (Å²) in [7, 11) is 3.53. The van der Waals surface area contributed by atoms with Gasteiger partial charge >= 0.3 is 0 Å². The van der Waals surface area contributed by atoms with Crippen LogP contribution in [0.15, 0.2) is 0 Å². The van der Waals surface area contributed by atoms with Crippen molar-refractivity contribution in [2.24, 2.45) is 0 Å². The van der Waals surface area contributed by atoms with Crippen LogP contribution < -0.4 is 5.32 Å². The summed E-state index contributed by atoms with van der Waals surface area (Å²) >= 11 is 0. The van der Waals surface area contributed by atoms with Gasteiger partial charge in [-0.15, -0.1) is 0 Å². The van der Waals surface area contributed by atoms with E-state index in [-0.39, 0.29) is 0 Å². The van der Waals surface area contributed by atoms with E-state index in [1.807, 2.05) is 0 Å². The number of hydrogen-bond acceptors (Lipinski definition) is 3. The molecule has 3 heteroatoms. The van der Waals surface area contributed by atoms with Gasteiger partial charge in [-0.1, -0.05) is 13.3 Å². The molecule has 0 aromatic rings. The van der Waals surface area contributed by atoms with E-state index < -0.39 is 0 Å². The Labute approximate surface area is 88.2 Å². The molecule has 0 saturated carbocycles. The zero-order chi connectivity index (χ0) is 10.6. The lowest BCUT2D eigenvalue weighted by Gasteiger charge is -2.13. The van der Waals surface area contributed by atoms with Crippen LogP contribution in [0, 0.1) is 0 Å². The van der Waals surface area contributed by atoms with Crippen LogP contribution in [0.2, 0.25) is 0 Å². The minimum atomic E-state index is 0.448. The van der Waals surface area contributed by atoms with E-state index in [0.29, 0.717) is 6.10 Å². The van der Waals surface area contributed by atoms with Crippen molar-refractivity contribution in [3.63, 3.8) is 0 Å². The molecule has 0 aliphatic carbocycles. The second-order valence-electron chi connectivity index (χ2n) is 3.53. The molecular formula is C11H25NO2. The van der Waals surface area contributed by atoms with Crippen LogP contribution in [-0.4, -0.2) is 40.0 Å². The van der Waals surface area contributed by atoms with Gasteiger partial charge in [0.25, 0.3) is 0 Å². The third-order valence-corrected chi connectivity index (χ3v) is 2.31. The molecule has 0 unspecified atom stereocenters. The summed E-state index contributed by atoms with van der Waals surface area (Å²) in [5, 5.41) is 3.33. The molecule has 14 heavy (non-hydrogen) atoms. The van der Waals surface area contributed by atoms with Crippen molar-refractivity contribution in [3.8, 4) is 0 Å². The van der Waals surface area contributed by atoms with Crippen LogP contribution in [0.1, 0.15) is 32.6 Å². The van der Waals surface area contributed by atoms with Gasteiger partial charge in [-0.25, -0.2) is 0 Å². The minimum absolute atomic E-state index is 0.448. The van der Waals surface area contributed by atoms with Crippen LogP contribution in [-0.2, 0) is 9.47 Å². The first-order valence-corrected chi connectivity index (χ1v) is 5.57. The van der Waals surface area contributed by atoms with Crippen molar-refractivity contribution >= 4 is 0 Å². The highest BCUT2D eigenvalue weighted by Crippen LogP contribution is 2.07. The molecule has 0 aromatic heterocycles. The molecule has 0 fully saturated rings. The summed E-state index contributed by atoms with van der Waals surface area (Å²) < 4.78 is 10.3. The van der Waals surface area contributed by atoms with E-state index in [2.05, 4.69) is 12.2 Å². The summed E-state index contributed by atoms with van der Waals surface area (Å²) in [6, 6.07) is 0. The molecule has 0 aliphatic rings. The molecule has 0 spiro atoms. The Hall–Kier alpha value is -0.120. The summed E-state index contributed by atoms with van der Waals surface area (Å²) in [6.45, 7) is 5.00. The fourth-order valence-electron chi connectivity index (χ4n) is 1.46. The van der Waals surface area contributed by atoms with E-state index in [1.165, 1.54) is 19.3 Å². The van der Waals surface area contributed by atoms with E-state index in [1.54, 1.807) is 14.2 Å². The van der Waals surface area contributed by atoms with Crippen molar-refractivity contribution in [2.45, 2.75) is 38.7 Å². The average molecular weight is 203 g/mol. The van der Waals surface area contributed by atoms with Crippen molar-refractivity contribution in [2.75, 3.05) is 33.9 Å². The highest BCUT2D eigenvalue weighted by atomic mass is 16.5. The van der Waals surface area contributed by atoms with Gasteiger partial charge < -0.3 is 14.8 Å². The normalized spacial score (nSPS) is 13.1. The first kappa shape index (κ1) is 13.9. The van der Waals surface area contributed by atoms with Crippen LogP contribution in [0.25, 0.3) is 0 Å². The lowest BCUT2D eigenvalue weighted by molar-refractivity contribution is 0.0854. The SMILES string of the molecule is CCC[C@H](CCCNCCOC)OC. The van der Waals surface area contributed by atoms with Crippen molar-refractivity contribution in [1.82, 2.24) is 5.32 Å². The van der Waals surface area contributed by atoms with Gasteiger partial charge in [0.1, 0.15) is 0 Å². The minimum Gasteiger partial charge on any atom is -0.383 e. The van der Waals surface area contributed by atoms with Crippen LogP contribution in [0.5, 0.6) is 0 Å². The molecule has 0 radical (unpaired) electrons. The third-order valence-electron chi connectivity index (χ3n) is 2.31. The number of methoxy groups -OCH3 is 2. The lowest BCUT2D eigenvalue weighted by atomic mass is 10.1. The summed E-state index contributed by atoms with van der Waals surface area (Å²) in [4.78, 5) is 0. The summed E-state index contributed by atoms with van der Waals surface area (Å²) in [5.41, 5.74) is 0. The van der Waals surface area contributed by atoms with Crippen LogP contribution in [0.3, 0.4) is 0 Å². The largest absolute Gasteiger partial charge is 0.383 e. The van der Waals surface area contributed by atoms with Gasteiger partial charge in [-0.3, -0.25) is 0 Å². The van der Waals surface area contributed by atoms with Gasteiger partial charge in [-0.05, 0) is 25.8 Å². The van der Waals surface area contributed by atoms with Crippen LogP contribution >= 0.6 is 0 Å². The van der Waals surface area contributed by atoms with Gasteiger partial charge in [0, 0.05) is 20.8 Å². The quantitative estimate of drug-likeness (QED) is 0.549. The second kappa shape index (κ2) is 11.0. The van der Waals surface area contributed by atoms with Gasteiger partial charge in [-0.2, -0.15) is 0 Å². The topological polar surface area (TPSA) is 30.5 Å². The smallest absolute Gasteiger partial charge is 0.0587 e. The van der Waals surface area contributed by atoms with Gasteiger partial charge in [0.2, 0.25) is 0 Å². The third kappa shape index (κ3) is 8.48. The maximum atomic E-state index is 5.37. The van der Waals surface area contributed by atoms with Crippen molar-refractivity contribution in [3.05, 3.63) is 0 Å². The van der Waals surface area contributed by atoms with E-state index in [4.69, 9.17) is 9.47 Å². The Bertz CT molecular complexity index is 109. The highest BCUT2D eigenvalue weighted by molar-refractivity contribution is 4.58. The molecule has 1 N–H and O–H groups in total. The zero-order valence-corrected chi connectivity index (χ0v) is 9.84. The van der Waals surface area contributed by atoms with Crippen molar-refractivity contribution in [1.29, 1.82) is 0 Å². The fourth-order valence-corrected chi connectivity index (χ4v) is 1.46. The first-order chi connectivity index (χ1) is 6.85. The average Bonchev–Trinajstić information content (AvgIpc) is 2.21. The Balaban J connectivity index is 3.15. The van der Waals surface area contributed by atoms with E-state index in [0.717, 1.165) is 26.1 Å². The first-order valence-electron chi connectivity index (χ1n) is 5.57. The summed E-state index contributed by atoms with van der Waals surface area (Å²) in [6.07, 6.45) is 5.17. The molecule has 0 bridgehead atoms. The predicted molar refractivity (Wildman–Crippen MR) is 59.7 cm³/mol. The Morgan fingerprint density at radius 1 is 1.14 bits per heavy atom. The van der Waals surface area contributed by atoms with Crippen molar-refractivity contribution < 1.29 is 9.47 Å². The van der Waals surface area contributed by atoms with Gasteiger partial charge in [0.05, 0.1) is 12.7 Å². The van der Waals surface area contributed by atoms with Gasteiger partial charge in [0.15, 0.2) is 0 Å². The predicted octanol–water partition coefficient (Wildman–Crippen LogP) is 1.82. The molecule has 0 rings (SSSR count). The Kier molecular flexibility index (Phi) is 10.9. The standard InChI is InChI=1S/C11H25NO2/c1-4-6-11(14-3)7-5-8-12-9-10-13-2/h11-12H,4-10H2,1-3H3/t11-/m1/s1. The zero-order valence-electron chi connectivity index (χ0n) is 9.84. The number of hydrogen-bond donors (Lipinski definition) is 1. The Morgan fingerprint density at radius 3 is 2.50 bits per heavy atom. The lowest BCUT2D eigenvalue weighted by Crippen LogP contribution is -2.21. The van der Waals surface area contributed by atoms with Crippen LogP contribution in [0.4, 0.5) is 0 Å². The molecule has 3 nitrogen and oxygen atoms in total. The molecule has 1 atom stereocenters. The monoisotopic (exact) mass is 203 g/mol. The Morgan fingerprint density at radius 2 is 1.93 bits per heavy atom. The fraction of sp³-hybridized carbons (Fsp3) is 1.00. The maximum absolute atomic E-state index is 5.37. The number of rotatable bonds is 10. The molecule has 0 heterocycles.